The highest BCUT2D eigenvalue weighted by Crippen LogP contribution is 2.15. The number of nitrogens with one attached hydrogen (secondary N) is 1. The zero-order valence-electron chi connectivity index (χ0n) is 12.8. The van der Waals surface area contributed by atoms with Crippen molar-refractivity contribution in [2.24, 2.45) is 0 Å². The van der Waals surface area contributed by atoms with Gasteiger partial charge in [-0.15, -0.1) is 11.3 Å². The van der Waals surface area contributed by atoms with Crippen molar-refractivity contribution >= 4 is 22.9 Å². The molecular formula is C17H22N2OS. The Balaban J connectivity index is 1.75. The van der Waals surface area contributed by atoms with E-state index in [1.807, 2.05) is 32.5 Å². The molecule has 1 aromatic heterocycles. The van der Waals surface area contributed by atoms with Crippen molar-refractivity contribution in [3.8, 4) is 0 Å². The molecule has 21 heavy (non-hydrogen) atoms. The van der Waals surface area contributed by atoms with Gasteiger partial charge in [0.05, 0.1) is 4.88 Å². The first kappa shape index (κ1) is 15.6. The molecule has 0 bridgehead atoms. The molecule has 0 atom stereocenters. The first-order valence-electron chi connectivity index (χ1n) is 7.16. The number of hydrogen-bond donors (Lipinski definition) is 1. The van der Waals surface area contributed by atoms with E-state index >= 15 is 0 Å². The lowest BCUT2D eigenvalue weighted by molar-refractivity contribution is 0.0956. The molecule has 112 valence electrons. The Morgan fingerprint density at radius 3 is 2.48 bits per heavy atom. The zero-order chi connectivity index (χ0) is 15.2. The Morgan fingerprint density at radius 1 is 1.19 bits per heavy atom. The molecule has 0 saturated heterocycles. The summed E-state index contributed by atoms with van der Waals surface area (Å²) in [4.78, 5) is 14.9. The van der Waals surface area contributed by atoms with Crippen molar-refractivity contribution in [1.82, 2.24) is 5.32 Å². The highest BCUT2D eigenvalue weighted by Gasteiger charge is 2.09. The van der Waals surface area contributed by atoms with Crippen molar-refractivity contribution in [2.75, 3.05) is 25.5 Å². The molecule has 2 rings (SSSR count). The third-order valence-corrected chi connectivity index (χ3v) is 4.46. The lowest BCUT2D eigenvalue weighted by atomic mass is 10.1. The number of carbonyl (C=O) groups excluding carboxylic acids is 1. The number of aryl methyl sites for hydroxylation is 2. The number of rotatable bonds is 6. The first-order valence-corrected chi connectivity index (χ1v) is 8.04. The van der Waals surface area contributed by atoms with Crippen LogP contribution in [0.3, 0.4) is 0 Å². The Hall–Kier alpha value is -1.81. The van der Waals surface area contributed by atoms with E-state index in [1.54, 1.807) is 0 Å². The van der Waals surface area contributed by atoms with Gasteiger partial charge in [0.15, 0.2) is 0 Å². The van der Waals surface area contributed by atoms with Crippen molar-refractivity contribution < 1.29 is 4.79 Å². The van der Waals surface area contributed by atoms with Crippen LogP contribution in [-0.2, 0) is 6.42 Å². The maximum atomic E-state index is 12.0. The summed E-state index contributed by atoms with van der Waals surface area (Å²) in [5.41, 5.74) is 3.57. The molecule has 0 unspecified atom stereocenters. The molecule has 1 aromatic carbocycles. The van der Waals surface area contributed by atoms with Gasteiger partial charge in [-0.2, -0.15) is 0 Å². The monoisotopic (exact) mass is 302 g/mol. The lowest BCUT2D eigenvalue weighted by Gasteiger charge is -2.12. The molecular weight excluding hydrogens is 280 g/mol. The second kappa shape index (κ2) is 7.27. The van der Waals surface area contributed by atoms with Gasteiger partial charge < -0.3 is 10.2 Å². The van der Waals surface area contributed by atoms with Crippen LogP contribution in [0.4, 0.5) is 5.69 Å². The predicted molar refractivity (Wildman–Crippen MR) is 90.5 cm³/mol. The van der Waals surface area contributed by atoms with E-state index in [0.29, 0.717) is 6.54 Å². The Bertz CT molecular complexity index is 587. The van der Waals surface area contributed by atoms with Crippen molar-refractivity contribution in [3.63, 3.8) is 0 Å². The lowest BCUT2D eigenvalue weighted by Crippen LogP contribution is -2.24. The van der Waals surface area contributed by atoms with Gasteiger partial charge in [0.25, 0.3) is 5.91 Å². The van der Waals surface area contributed by atoms with E-state index in [1.165, 1.54) is 22.6 Å². The summed E-state index contributed by atoms with van der Waals surface area (Å²) >= 11 is 1.50. The smallest absolute Gasteiger partial charge is 0.261 e. The first-order chi connectivity index (χ1) is 10.1. The predicted octanol–water partition coefficient (Wildman–Crippen LogP) is 3.49. The van der Waals surface area contributed by atoms with E-state index < -0.39 is 0 Å². The van der Waals surface area contributed by atoms with E-state index in [2.05, 4.69) is 34.5 Å². The number of thiophene rings is 1. The number of nitrogens with zero attached hydrogens (tertiary/aromatic N) is 1. The summed E-state index contributed by atoms with van der Waals surface area (Å²) in [6, 6.07) is 10.5. The molecule has 0 aliphatic rings. The van der Waals surface area contributed by atoms with Crippen LogP contribution in [-0.4, -0.2) is 26.5 Å². The molecule has 2 aromatic rings. The second-order valence-corrected chi connectivity index (χ2v) is 6.27. The second-order valence-electron chi connectivity index (χ2n) is 5.35. The molecule has 3 nitrogen and oxygen atoms in total. The largest absolute Gasteiger partial charge is 0.378 e. The summed E-state index contributed by atoms with van der Waals surface area (Å²) in [6.45, 7) is 2.68. The van der Waals surface area contributed by atoms with Crippen molar-refractivity contribution in [1.29, 1.82) is 0 Å². The molecule has 0 spiro atoms. The minimum absolute atomic E-state index is 0.0467. The van der Waals surface area contributed by atoms with E-state index in [4.69, 9.17) is 0 Å². The van der Waals surface area contributed by atoms with Gasteiger partial charge in [-0.25, -0.2) is 0 Å². The summed E-state index contributed by atoms with van der Waals surface area (Å²) in [7, 11) is 4.08. The normalized spacial score (nSPS) is 10.4. The highest BCUT2D eigenvalue weighted by atomic mass is 32.1. The van der Waals surface area contributed by atoms with Crippen LogP contribution in [0.1, 0.15) is 27.2 Å². The van der Waals surface area contributed by atoms with Gasteiger partial charge in [0, 0.05) is 26.3 Å². The van der Waals surface area contributed by atoms with Gasteiger partial charge in [-0.1, -0.05) is 12.1 Å². The number of hydrogen-bond acceptors (Lipinski definition) is 3. The minimum Gasteiger partial charge on any atom is -0.378 e. The topological polar surface area (TPSA) is 32.3 Å². The minimum atomic E-state index is 0.0467. The van der Waals surface area contributed by atoms with Crippen LogP contribution in [0.5, 0.6) is 0 Å². The van der Waals surface area contributed by atoms with E-state index in [-0.39, 0.29) is 5.91 Å². The Morgan fingerprint density at radius 2 is 1.90 bits per heavy atom. The van der Waals surface area contributed by atoms with Crippen LogP contribution in [0.25, 0.3) is 0 Å². The van der Waals surface area contributed by atoms with E-state index in [9.17, 15) is 4.79 Å². The van der Waals surface area contributed by atoms with Crippen LogP contribution in [0.2, 0.25) is 0 Å². The van der Waals surface area contributed by atoms with Gasteiger partial charge in [-0.05, 0) is 54.5 Å². The molecule has 0 radical (unpaired) electrons. The standard InChI is InChI=1S/C17H22N2OS/c1-13-10-12-21-16(13)17(20)18-11-4-5-14-6-8-15(9-7-14)19(2)3/h6-10,12H,4-5,11H2,1-3H3,(H,18,20). The van der Waals surface area contributed by atoms with Crippen LogP contribution in [0.15, 0.2) is 35.7 Å². The molecule has 0 aliphatic carbocycles. The fraction of sp³-hybridized carbons (Fsp3) is 0.353. The molecule has 4 heteroatoms. The van der Waals surface area contributed by atoms with Crippen LogP contribution in [0, 0.1) is 6.92 Å². The summed E-state index contributed by atoms with van der Waals surface area (Å²) in [5, 5.41) is 4.94. The Labute approximate surface area is 130 Å². The highest BCUT2D eigenvalue weighted by molar-refractivity contribution is 7.12. The Kier molecular flexibility index (Phi) is 5.39. The maximum Gasteiger partial charge on any atom is 0.261 e. The molecule has 1 heterocycles. The van der Waals surface area contributed by atoms with Gasteiger partial charge in [-0.3, -0.25) is 4.79 Å². The number of anilines is 1. The third-order valence-electron chi connectivity index (χ3n) is 3.45. The number of amides is 1. The summed E-state index contributed by atoms with van der Waals surface area (Å²) < 4.78 is 0. The van der Waals surface area contributed by atoms with Gasteiger partial charge >= 0.3 is 0 Å². The fourth-order valence-corrected chi connectivity index (χ4v) is 2.98. The molecule has 0 fully saturated rings. The average molecular weight is 302 g/mol. The quantitative estimate of drug-likeness (QED) is 0.829. The molecule has 0 aliphatic heterocycles. The van der Waals surface area contributed by atoms with Crippen LogP contribution < -0.4 is 10.2 Å². The summed E-state index contributed by atoms with van der Waals surface area (Å²) in [5.74, 6) is 0.0467. The molecule has 0 saturated carbocycles. The average Bonchev–Trinajstić information content (AvgIpc) is 2.90. The SMILES string of the molecule is Cc1ccsc1C(=O)NCCCc1ccc(N(C)C)cc1. The number of benzene rings is 1. The van der Waals surface area contributed by atoms with Crippen molar-refractivity contribution in [3.05, 3.63) is 51.7 Å². The zero-order valence-corrected chi connectivity index (χ0v) is 13.7. The molecule has 1 amide bonds. The van der Waals surface area contributed by atoms with E-state index in [0.717, 1.165) is 23.3 Å². The van der Waals surface area contributed by atoms with Gasteiger partial charge in [0.2, 0.25) is 0 Å². The maximum absolute atomic E-state index is 12.0. The van der Waals surface area contributed by atoms with Crippen molar-refractivity contribution in [2.45, 2.75) is 19.8 Å². The third kappa shape index (κ3) is 4.33. The van der Waals surface area contributed by atoms with Gasteiger partial charge in [0.1, 0.15) is 0 Å². The number of carbonyl (C=O) groups is 1. The fourth-order valence-electron chi connectivity index (χ4n) is 2.14. The summed E-state index contributed by atoms with van der Waals surface area (Å²) in [6.07, 6.45) is 1.94. The molecule has 1 N–H and O–H groups in total. The van der Waals surface area contributed by atoms with Crippen LogP contribution >= 0.6 is 11.3 Å².